The van der Waals surface area contributed by atoms with Crippen molar-refractivity contribution in [2.75, 3.05) is 6.61 Å². The lowest BCUT2D eigenvalue weighted by Gasteiger charge is -2.38. The van der Waals surface area contributed by atoms with Crippen LogP contribution in [0, 0.1) is 0 Å². The van der Waals surface area contributed by atoms with Crippen molar-refractivity contribution in [3.8, 4) is 0 Å². The first-order chi connectivity index (χ1) is 10.1. The SMILES string of the molecule is CCOC(=O)/C=C/C=C/C=C/C[C@H](C)O[Si](C)(C)C(C)(C)C. The molecule has 0 radical (unpaired) electrons. The molecule has 0 unspecified atom stereocenters. The quantitative estimate of drug-likeness (QED) is 0.272. The summed E-state index contributed by atoms with van der Waals surface area (Å²) in [6, 6.07) is 0. The van der Waals surface area contributed by atoms with Crippen LogP contribution in [0.2, 0.25) is 18.1 Å². The predicted molar refractivity (Wildman–Crippen MR) is 96.4 cm³/mol. The first kappa shape index (κ1) is 20.9. The van der Waals surface area contributed by atoms with Gasteiger partial charge in [0.15, 0.2) is 8.32 Å². The summed E-state index contributed by atoms with van der Waals surface area (Å²) in [6.45, 7) is 15.6. The Morgan fingerprint density at radius 3 is 2.27 bits per heavy atom. The van der Waals surface area contributed by atoms with Gasteiger partial charge in [-0.25, -0.2) is 4.79 Å². The van der Waals surface area contributed by atoms with E-state index in [4.69, 9.17) is 9.16 Å². The van der Waals surface area contributed by atoms with Gasteiger partial charge in [0.05, 0.1) is 6.61 Å². The van der Waals surface area contributed by atoms with Gasteiger partial charge in [0.25, 0.3) is 0 Å². The minimum absolute atomic E-state index is 0.223. The minimum Gasteiger partial charge on any atom is -0.463 e. The second-order valence-electron chi connectivity index (χ2n) is 6.85. The summed E-state index contributed by atoms with van der Waals surface area (Å²) in [5, 5.41) is 0.239. The van der Waals surface area contributed by atoms with E-state index in [0.717, 1.165) is 6.42 Å². The molecule has 0 spiro atoms. The molecule has 0 aromatic heterocycles. The third kappa shape index (κ3) is 9.00. The Kier molecular flexibility index (Phi) is 9.29. The van der Waals surface area contributed by atoms with Gasteiger partial charge in [-0.15, -0.1) is 0 Å². The van der Waals surface area contributed by atoms with E-state index in [-0.39, 0.29) is 17.1 Å². The molecule has 0 aliphatic rings. The normalized spacial score (nSPS) is 15.0. The van der Waals surface area contributed by atoms with E-state index in [2.05, 4.69) is 46.9 Å². The standard InChI is InChI=1S/C18H32O3Si/c1-8-20-17(19)15-13-11-9-10-12-14-16(2)21-22(6,7)18(3,4)5/h9-13,15-16H,8,14H2,1-7H3/b11-9+,12-10+,15-13+/t16-/m0/s1. The largest absolute Gasteiger partial charge is 0.463 e. The summed E-state index contributed by atoms with van der Waals surface area (Å²) in [7, 11) is -1.68. The molecule has 4 heteroatoms. The number of allylic oxidation sites excluding steroid dienone is 4. The fourth-order valence-electron chi connectivity index (χ4n) is 1.53. The summed E-state index contributed by atoms with van der Waals surface area (Å²) >= 11 is 0. The lowest BCUT2D eigenvalue weighted by Crippen LogP contribution is -2.43. The maximum absolute atomic E-state index is 11.1. The molecule has 0 N–H and O–H groups in total. The van der Waals surface area contributed by atoms with Crippen molar-refractivity contribution in [2.24, 2.45) is 0 Å². The molecule has 0 saturated carbocycles. The van der Waals surface area contributed by atoms with Crippen molar-refractivity contribution in [2.45, 2.75) is 65.3 Å². The summed E-state index contributed by atoms with van der Waals surface area (Å²) < 4.78 is 11.1. The second kappa shape index (κ2) is 9.80. The molecule has 126 valence electrons. The van der Waals surface area contributed by atoms with E-state index in [9.17, 15) is 4.79 Å². The number of hydrogen-bond donors (Lipinski definition) is 0. The van der Waals surface area contributed by atoms with E-state index in [1.807, 2.05) is 18.2 Å². The van der Waals surface area contributed by atoms with E-state index >= 15 is 0 Å². The number of esters is 1. The molecule has 0 aromatic rings. The third-order valence-electron chi connectivity index (χ3n) is 3.76. The highest BCUT2D eigenvalue weighted by atomic mass is 28.4. The number of rotatable bonds is 8. The van der Waals surface area contributed by atoms with E-state index in [0.29, 0.717) is 6.61 Å². The summed E-state index contributed by atoms with van der Waals surface area (Å²) in [5.41, 5.74) is 0. The Morgan fingerprint density at radius 1 is 1.14 bits per heavy atom. The number of carbonyl (C=O) groups is 1. The summed E-state index contributed by atoms with van der Waals surface area (Å²) in [6.07, 6.45) is 12.0. The highest BCUT2D eigenvalue weighted by molar-refractivity contribution is 6.74. The first-order valence-corrected chi connectivity index (χ1v) is 10.9. The fourth-order valence-corrected chi connectivity index (χ4v) is 2.99. The zero-order valence-corrected chi connectivity index (χ0v) is 16.2. The Labute approximate surface area is 137 Å². The summed E-state index contributed by atoms with van der Waals surface area (Å²) in [5.74, 6) is -0.312. The molecule has 0 amide bonds. The van der Waals surface area contributed by atoms with Gasteiger partial charge in [0, 0.05) is 12.2 Å². The van der Waals surface area contributed by atoms with Gasteiger partial charge >= 0.3 is 5.97 Å². The molecule has 0 bridgehead atoms. The Bertz CT molecular complexity index is 415. The van der Waals surface area contributed by atoms with Gasteiger partial charge in [-0.05, 0) is 38.4 Å². The average Bonchev–Trinajstić information content (AvgIpc) is 2.36. The number of hydrogen-bond acceptors (Lipinski definition) is 3. The van der Waals surface area contributed by atoms with Crippen LogP contribution >= 0.6 is 0 Å². The molecule has 0 rings (SSSR count). The maximum atomic E-state index is 11.1. The molecule has 1 atom stereocenters. The highest BCUT2D eigenvalue weighted by Gasteiger charge is 2.38. The van der Waals surface area contributed by atoms with Crippen molar-refractivity contribution in [1.82, 2.24) is 0 Å². The van der Waals surface area contributed by atoms with Crippen molar-refractivity contribution in [3.63, 3.8) is 0 Å². The molecule has 0 heterocycles. The Morgan fingerprint density at radius 2 is 1.73 bits per heavy atom. The zero-order valence-electron chi connectivity index (χ0n) is 15.2. The van der Waals surface area contributed by atoms with Crippen LogP contribution in [-0.4, -0.2) is 27.0 Å². The molecule has 0 fully saturated rings. The van der Waals surface area contributed by atoms with Crippen LogP contribution in [0.25, 0.3) is 0 Å². The molecular weight excluding hydrogens is 292 g/mol. The van der Waals surface area contributed by atoms with Crippen LogP contribution in [0.3, 0.4) is 0 Å². The van der Waals surface area contributed by atoms with Gasteiger partial charge in [-0.1, -0.05) is 51.2 Å². The smallest absolute Gasteiger partial charge is 0.330 e. The van der Waals surface area contributed by atoms with Gasteiger partial charge < -0.3 is 9.16 Å². The van der Waals surface area contributed by atoms with Crippen molar-refractivity contribution >= 4 is 14.3 Å². The maximum Gasteiger partial charge on any atom is 0.330 e. The van der Waals surface area contributed by atoms with Gasteiger partial charge in [-0.3, -0.25) is 0 Å². The predicted octanol–water partition coefficient (Wildman–Crippen LogP) is 5.02. The molecule has 0 aliphatic heterocycles. The molecule has 0 aromatic carbocycles. The number of carbonyl (C=O) groups excluding carboxylic acids is 1. The highest BCUT2D eigenvalue weighted by Crippen LogP contribution is 2.37. The van der Waals surface area contributed by atoms with Crippen molar-refractivity contribution in [1.29, 1.82) is 0 Å². The van der Waals surface area contributed by atoms with Gasteiger partial charge in [0.1, 0.15) is 0 Å². The molecule has 22 heavy (non-hydrogen) atoms. The average molecular weight is 325 g/mol. The van der Waals surface area contributed by atoms with Crippen LogP contribution in [0.15, 0.2) is 36.5 Å². The third-order valence-corrected chi connectivity index (χ3v) is 8.36. The van der Waals surface area contributed by atoms with Crippen LogP contribution < -0.4 is 0 Å². The second-order valence-corrected chi connectivity index (χ2v) is 11.6. The monoisotopic (exact) mass is 324 g/mol. The topological polar surface area (TPSA) is 35.5 Å². The Hall–Kier alpha value is -1.13. The van der Waals surface area contributed by atoms with Crippen LogP contribution in [-0.2, 0) is 14.0 Å². The first-order valence-electron chi connectivity index (χ1n) is 7.94. The van der Waals surface area contributed by atoms with E-state index in [1.165, 1.54) is 6.08 Å². The molecule has 0 aliphatic carbocycles. The molecular formula is C18H32O3Si. The van der Waals surface area contributed by atoms with Crippen LogP contribution in [0.5, 0.6) is 0 Å². The Balaban J connectivity index is 4.16. The molecule has 0 saturated heterocycles. The minimum atomic E-state index is -1.68. The van der Waals surface area contributed by atoms with Crippen molar-refractivity contribution < 1.29 is 14.0 Å². The fraction of sp³-hybridized carbons (Fsp3) is 0.611. The van der Waals surface area contributed by atoms with E-state index < -0.39 is 8.32 Å². The number of ether oxygens (including phenoxy) is 1. The van der Waals surface area contributed by atoms with E-state index in [1.54, 1.807) is 13.0 Å². The lowest BCUT2D eigenvalue weighted by molar-refractivity contribution is -0.137. The van der Waals surface area contributed by atoms with Gasteiger partial charge in [0.2, 0.25) is 0 Å². The summed E-state index contributed by atoms with van der Waals surface area (Å²) in [4.78, 5) is 11.1. The van der Waals surface area contributed by atoms with Gasteiger partial charge in [-0.2, -0.15) is 0 Å². The van der Waals surface area contributed by atoms with Crippen molar-refractivity contribution in [3.05, 3.63) is 36.5 Å². The van der Waals surface area contributed by atoms with Crippen LogP contribution in [0.1, 0.15) is 41.0 Å². The molecule has 3 nitrogen and oxygen atoms in total. The lowest BCUT2D eigenvalue weighted by atomic mass is 10.2. The van der Waals surface area contributed by atoms with Crippen LogP contribution in [0.4, 0.5) is 0 Å². The zero-order chi connectivity index (χ0) is 17.2.